The van der Waals surface area contributed by atoms with E-state index in [1.165, 1.54) is 0 Å². The third-order valence-electron chi connectivity index (χ3n) is 3.80. The van der Waals surface area contributed by atoms with Crippen LogP contribution in [0.3, 0.4) is 0 Å². The fraction of sp³-hybridized carbons (Fsp3) is 0.571. The van der Waals surface area contributed by atoms with Gasteiger partial charge in [-0.25, -0.2) is 0 Å². The van der Waals surface area contributed by atoms with E-state index in [1.54, 1.807) is 11.6 Å². The van der Waals surface area contributed by atoms with Crippen molar-refractivity contribution in [2.45, 2.75) is 41.0 Å². The highest BCUT2D eigenvalue weighted by molar-refractivity contribution is 5.89. The molecule has 1 unspecified atom stereocenters. The van der Waals surface area contributed by atoms with Gasteiger partial charge < -0.3 is 5.11 Å². The van der Waals surface area contributed by atoms with Crippen LogP contribution in [-0.4, -0.2) is 21.7 Å². The van der Waals surface area contributed by atoms with Gasteiger partial charge in [0.2, 0.25) is 5.91 Å². The quantitative estimate of drug-likeness (QED) is 0.859. The summed E-state index contributed by atoms with van der Waals surface area (Å²) in [5, 5.41) is 9.30. The number of hydrogen-bond donors (Lipinski definition) is 2. The molecule has 0 aromatic carbocycles. The van der Waals surface area contributed by atoms with E-state index in [0.29, 0.717) is 0 Å². The summed E-state index contributed by atoms with van der Waals surface area (Å²) in [4.78, 5) is 23.4. The number of hydrogen-bond acceptors (Lipinski definition) is 2. The third kappa shape index (κ3) is 3.16. The maximum atomic E-state index is 12.0. The van der Waals surface area contributed by atoms with Gasteiger partial charge in [-0.2, -0.15) is 0 Å². The van der Waals surface area contributed by atoms with E-state index < -0.39 is 11.4 Å². The lowest BCUT2D eigenvalue weighted by atomic mass is 9.76. The van der Waals surface area contributed by atoms with Crippen molar-refractivity contribution in [2.24, 2.45) is 11.3 Å². The van der Waals surface area contributed by atoms with Gasteiger partial charge in [0, 0.05) is 17.8 Å². The number of carboxylic acids is 1. The Hall–Kier alpha value is -1.78. The van der Waals surface area contributed by atoms with Crippen LogP contribution in [0.4, 0.5) is 0 Å². The third-order valence-corrected chi connectivity index (χ3v) is 3.80. The fourth-order valence-corrected chi connectivity index (χ4v) is 1.87. The van der Waals surface area contributed by atoms with Crippen LogP contribution in [0.2, 0.25) is 0 Å². The predicted octanol–water partition coefficient (Wildman–Crippen LogP) is 2.31. The maximum absolute atomic E-state index is 12.0. The maximum Gasteiger partial charge on any atom is 0.310 e. The zero-order chi connectivity index (χ0) is 14.8. The number of carbonyl (C=O) groups excluding carboxylic acids is 1. The van der Waals surface area contributed by atoms with E-state index in [1.807, 2.05) is 39.8 Å². The molecule has 1 atom stereocenters. The predicted molar refractivity (Wildman–Crippen MR) is 73.5 cm³/mol. The van der Waals surface area contributed by atoms with Crippen LogP contribution in [-0.2, 0) is 9.59 Å². The average molecular weight is 266 g/mol. The number of aliphatic carboxylic acids is 1. The van der Waals surface area contributed by atoms with E-state index in [9.17, 15) is 14.7 Å². The molecule has 1 heterocycles. The molecule has 1 amide bonds. The van der Waals surface area contributed by atoms with Gasteiger partial charge >= 0.3 is 5.97 Å². The first kappa shape index (κ1) is 15.3. The Morgan fingerprint density at radius 2 is 1.79 bits per heavy atom. The van der Waals surface area contributed by atoms with Crippen molar-refractivity contribution in [1.29, 1.82) is 0 Å². The number of nitrogens with one attached hydrogen (secondary N) is 1. The van der Waals surface area contributed by atoms with Crippen LogP contribution < -0.4 is 5.43 Å². The molecule has 5 nitrogen and oxygen atoms in total. The van der Waals surface area contributed by atoms with Crippen LogP contribution in [0.5, 0.6) is 0 Å². The molecule has 0 spiro atoms. The summed E-state index contributed by atoms with van der Waals surface area (Å²) in [6.07, 6.45) is -0.0446. The molecule has 5 heteroatoms. The summed E-state index contributed by atoms with van der Waals surface area (Å²) in [7, 11) is 0. The topological polar surface area (TPSA) is 71.3 Å². The van der Waals surface area contributed by atoms with Crippen LogP contribution in [0.1, 0.15) is 38.6 Å². The van der Waals surface area contributed by atoms with Crippen LogP contribution in [0.15, 0.2) is 12.1 Å². The molecule has 1 aromatic rings. The Balaban J connectivity index is 2.83. The standard InChI is InChI=1S/C14H22N2O3/c1-9(2)14(5,13(18)19)8-12(17)15-16-10(3)6-7-11(16)4/h6-7,9H,8H2,1-5H3,(H,15,17)(H,18,19). The molecular formula is C14H22N2O3. The van der Waals surface area contributed by atoms with Gasteiger partial charge in [-0.05, 0) is 38.8 Å². The molecule has 0 aliphatic carbocycles. The molecule has 0 bridgehead atoms. The smallest absolute Gasteiger partial charge is 0.310 e. The van der Waals surface area contributed by atoms with Gasteiger partial charge in [-0.15, -0.1) is 0 Å². The molecule has 106 valence electrons. The van der Waals surface area contributed by atoms with E-state index >= 15 is 0 Å². The van der Waals surface area contributed by atoms with Crippen molar-refractivity contribution in [2.75, 3.05) is 5.43 Å². The summed E-state index contributed by atoms with van der Waals surface area (Å²) in [6, 6.07) is 3.79. The van der Waals surface area contributed by atoms with Gasteiger partial charge in [0.15, 0.2) is 0 Å². The molecule has 19 heavy (non-hydrogen) atoms. The van der Waals surface area contributed by atoms with Gasteiger partial charge in [0.1, 0.15) is 0 Å². The monoisotopic (exact) mass is 266 g/mol. The Morgan fingerprint density at radius 3 is 2.16 bits per heavy atom. The van der Waals surface area contributed by atoms with Crippen LogP contribution in [0.25, 0.3) is 0 Å². The second-order valence-electron chi connectivity index (χ2n) is 5.54. The number of carboxylic acid groups (broad SMARTS) is 1. The van der Waals surface area contributed by atoms with Crippen molar-refractivity contribution in [3.8, 4) is 0 Å². The molecule has 0 fully saturated rings. The van der Waals surface area contributed by atoms with Crippen molar-refractivity contribution in [3.63, 3.8) is 0 Å². The van der Waals surface area contributed by atoms with Crippen LogP contribution >= 0.6 is 0 Å². The summed E-state index contributed by atoms with van der Waals surface area (Å²) >= 11 is 0. The summed E-state index contributed by atoms with van der Waals surface area (Å²) in [5.74, 6) is -1.36. The SMILES string of the molecule is Cc1ccc(C)n1NC(=O)CC(C)(C(=O)O)C(C)C. The van der Waals surface area contributed by atoms with Gasteiger partial charge in [-0.3, -0.25) is 19.7 Å². The minimum absolute atomic E-state index is 0.0446. The Kier molecular flexibility index (Phi) is 4.39. The number of aromatic nitrogens is 1. The lowest BCUT2D eigenvalue weighted by Gasteiger charge is -2.28. The molecule has 0 saturated heterocycles. The van der Waals surface area contributed by atoms with E-state index in [-0.39, 0.29) is 18.2 Å². The first-order valence-corrected chi connectivity index (χ1v) is 6.36. The zero-order valence-electron chi connectivity index (χ0n) is 12.2. The first-order chi connectivity index (χ1) is 8.68. The molecule has 0 aliphatic rings. The Morgan fingerprint density at radius 1 is 1.32 bits per heavy atom. The zero-order valence-corrected chi connectivity index (χ0v) is 12.2. The summed E-state index contributed by atoms with van der Waals surface area (Å²) < 4.78 is 1.67. The average Bonchev–Trinajstić information content (AvgIpc) is 2.60. The molecule has 0 radical (unpaired) electrons. The number of amides is 1. The second kappa shape index (κ2) is 5.47. The normalized spacial score (nSPS) is 14.2. The molecule has 0 aliphatic heterocycles. The minimum atomic E-state index is -1.06. The van der Waals surface area contributed by atoms with Crippen molar-refractivity contribution >= 4 is 11.9 Å². The highest BCUT2D eigenvalue weighted by Gasteiger charge is 2.38. The van der Waals surface area contributed by atoms with E-state index in [2.05, 4.69) is 5.43 Å². The molecular weight excluding hydrogens is 244 g/mol. The number of rotatable bonds is 5. The van der Waals surface area contributed by atoms with Crippen molar-refractivity contribution < 1.29 is 14.7 Å². The highest BCUT2D eigenvalue weighted by atomic mass is 16.4. The Labute approximate surface area is 113 Å². The minimum Gasteiger partial charge on any atom is -0.481 e. The summed E-state index contributed by atoms with van der Waals surface area (Å²) in [5.41, 5.74) is 3.50. The lowest BCUT2D eigenvalue weighted by Crippen LogP contribution is -2.38. The van der Waals surface area contributed by atoms with Gasteiger partial charge in [0.05, 0.1) is 5.41 Å². The largest absolute Gasteiger partial charge is 0.481 e. The molecule has 1 rings (SSSR count). The second-order valence-corrected chi connectivity index (χ2v) is 5.54. The lowest BCUT2D eigenvalue weighted by molar-refractivity contribution is -0.153. The highest BCUT2D eigenvalue weighted by Crippen LogP contribution is 2.31. The molecule has 0 saturated carbocycles. The first-order valence-electron chi connectivity index (χ1n) is 6.36. The van der Waals surface area contributed by atoms with Crippen molar-refractivity contribution in [1.82, 2.24) is 4.68 Å². The molecule has 1 aromatic heterocycles. The molecule has 2 N–H and O–H groups in total. The number of carbonyl (C=O) groups is 2. The van der Waals surface area contributed by atoms with E-state index in [4.69, 9.17) is 0 Å². The van der Waals surface area contributed by atoms with E-state index in [0.717, 1.165) is 11.4 Å². The number of nitrogens with zero attached hydrogens (tertiary/aromatic N) is 1. The Bertz CT molecular complexity index is 471. The fourth-order valence-electron chi connectivity index (χ4n) is 1.87. The van der Waals surface area contributed by atoms with Gasteiger partial charge in [-0.1, -0.05) is 13.8 Å². The van der Waals surface area contributed by atoms with Gasteiger partial charge in [0.25, 0.3) is 0 Å². The van der Waals surface area contributed by atoms with Crippen LogP contribution in [0, 0.1) is 25.2 Å². The summed E-state index contributed by atoms with van der Waals surface area (Å²) in [6.45, 7) is 8.99. The van der Waals surface area contributed by atoms with Crippen molar-refractivity contribution in [3.05, 3.63) is 23.5 Å². The number of aryl methyl sites for hydroxylation is 2.